The number of aromatic nitrogens is 2. The van der Waals surface area contributed by atoms with Crippen LogP contribution >= 0.6 is 35.3 Å². The second-order valence-corrected chi connectivity index (χ2v) is 5.35. The van der Waals surface area contributed by atoms with Gasteiger partial charge in [0.25, 0.3) is 0 Å². The molecule has 0 saturated carbocycles. The van der Waals surface area contributed by atoms with E-state index in [1.807, 2.05) is 0 Å². The zero-order valence-corrected chi connectivity index (χ0v) is 10.3. The summed E-state index contributed by atoms with van der Waals surface area (Å²) in [6.45, 7) is 3.92. The van der Waals surface area contributed by atoms with Gasteiger partial charge < -0.3 is 4.74 Å². The number of hydrogen-bond acceptors (Lipinski definition) is 6. The molecule has 1 rings (SSSR count). The third kappa shape index (κ3) is 5.10. The van der Waals surface area contributed by atoms with Gasteiger partial charge in [0.05, 0.1) is 12.4 Å². The van der Waals surface area contributed by atoms with Gasteiger partial charge in [-0.25, -0.2) is 0 Å². The lowest BCUT2D eigenvalue weighted by Gasteiger charge is -2.00. The average Bonchev–Trinajstić information content (AvgIpc) is 2.62. The van der Waals surface area contributed by atoms with Crippen LogP contribution in [0.2, 0.25) is 0 Å². The molecule has 0 aliphatic rings. The van der Waals surface area contributed by atoms with Crippen molar-refractivity contribution in [2.75, 3.05) is 12.4 Å². The van der Waals surface area contributed by atoms with Gasteiger partial charge in [0.2, 0.25) is 0 Å². The van der Waals surface area contributed by atoms with E-state index in [0.29, 0.717) is 17.0 Å². The molecule has 0 atom stereocenters. The van der Waals surface area contributed by atoms with Crippen molar-refractivity contribution in [1.29, 1.82) is 0 Å². The molecule has 7 heteroatoms. The van der Waals surface area contributed by atoms with Crippen LogP contribution in [0.5, 0.6) is 0 Å². The Morgan fingerprint density at radius 3 is 3.20 bits per heavy atom. The number of thioether (sulfide) groups is 1. The molecule has 0 radical (unpaired) electrons. The number of hydrogen-bond donors (Lipinski definition) is 1. The second-order valence-electron chi connectivity index (χ2n) is 2.47. The maximum Gasteiger partial charge on any atom is 0.316 e. The summed E-state index contributed by atoms with van der Waals surface area (Å²) >= 11 is 7.52. The van der Waals surface area contributed by atoms with Crippen molar-refractivity contribution >= 4 is 41.3 Å². The fraction of sp³-hybridized carbons (Fsp3) is 0.375. The maximum atomic E-state index is 11.2. The van der Waals surface area contributed by atoms with Crippen molar-refractivity contribution in [3.05, 3.63) is 16.6 Å². The summed E-state index contributed by atoms with van der Waals surface area (Å²) in [5.41, 5.74) is 0. The van der Waals surface area contributed by atoms with Gasteiger partial charge in [0.15, 0.2) is 8.29 Å². The molecule has 0 fully saturated rings. The Balaban J connectivity index is 2.22. The van der Waals surface area contributed by atoms with Crippen LogP contribution in [-0.2, 0) is 9.53 Å². The van der Waals surface area contributed by atoms with E-state index in [2.05, 4.69) is 16.8 Å². The lowest BCUT2D eigenvalue weighted by atomic mass is 10.5. The maximum absolute atomic E-state index is 11.2. The molecule has 0 saturated heterocycles. The van der Waals surface area contributed by atoms with E-state index in [4.69, 9.17) is 17.0 Å². The summed E-state index contributed by atoms with van der Waals surface area (Å²) in [5.74, 6) is 0.00996. The third-order valence-electron chi connectivity index (χ3n) is 1.32. The summed E-state index contributed by atoms with van der Waals surface area (Å²) in [4.78, 5) is 11.2. The third-order valence-corrected chi connectivity index (χ3v) is 3.52. The van der Waals surface area contributed by atoms with Gasteiger partial charge in [-0.3, -0.25) is 9.89 Å². The normalized spacial score (nSPS) is 9.87. The highest BCUT2D eigenvalue weighted by Crippen LogP contribution is 2.19. The summed E-state index contributed by atoms with van der Waals surface area (Å²) in [7, 11) is 0. The highest BCUT2D eigenvalue weighted by Gasteiger charge is 2.05. The zero-order chi connectivity index (χ0) is 11.1. The smallest absolute Gasteiger partial charge is 0.316 e. The highest BCUT2D eigenvalue weighted by molar-refractivity contribution is 8.01. The minimum Gasteiger partial charge on any atom is -0.465 e. The lowest BCUT2D eigenvalue weighted by Crippen LogP contribution is -2.07. The van der Waals surface area contributed by atoms with E-state index >= 15 is 0 Å². The average molecular weight is 262 g/mol. The molecule has 0 aliphatic carbocycles. The van der Waals surface area contributed by atoms with Gasteiger partial charge in [-0.2, -0.15) is 5.10 Å². The Kier molecular flexibility index (Phi) is 5.59. The van der Waals surface area contributed by atoms with Crippen molar-refractivity contribution in [2.24, 2.45) is 0 Å². The topological polar surface area (TPSA) is 55.0 Å². The first-order chi connectivity index (χ1) is 7.22. The highest BCUT2D eigenvalue weighted by atomic mass is 32.2. The van der Waals surface area contributed by atoms with E-state index < -0.39 is 0 Å². The standard InChI is InChI=1S/C8H10N2O2S3/c1-2-3-4-12-6(11)5-14-8-10-9-7(13)15-8/h2H,1,3-5H2,(H,9,13). The quantitative estimate of drug-likeness (QED) is 0.280. The molecule has 1 heterocycles. The first-order valence-corrected chi connectivity index (χ1v) is 6.38. The number of carbonyl (C=O) groups is 1. The lowest BCUT2D eigenvalue weighted by molar-refractivity contribution is -0.140. The molecule has 1 aromatic rings. The van der Waals surface area contributed by atoms with Crippen LogP contribution in [0.15, 0.2) is 17.0 Å². The van der Waals surface area contributed by atoms with Crippen molar-refractivity contribution in [3.63, 3.8) is 0 Å². The number of nitrogens with one attached hydrogen (secondary N) is 1. The van der Waals surface area contributed by atoms with E-state index in [0.717, 1.165) is 4.34 Å². The molecule has 0 unspecified atom stereocenters. The molecule has 4 nitrogen and oxygen atoms in total. The Bertz CT molecular complexity index is 385. The number of carbonyl (C=O) groups excluding carboxylic acids is 1. The van der Waals surface area contributed by atoms with Crippen LogP contribution in [0, 0.1) is 3.95 Å². The number of nitrogens with zero attached hydrogens (tertiary/aromatic N) is 1. The predicted molar refractivity (Wildman–Crippen MR) is 63.8 cm³/mol. The summed E-state index contributed by atoms with van der Waals surface area (Å²) < 4.78 is 6.28. The van der Waals surface area contributed by atoms with Crippen molar-refractivity contribution in [3.8, 4) is 0 Å². The molecular weight excluding hydrogens is 252 g/mol. The number of aromatic amines is 1. The molecule has 1 N–H and O–H groups in total. The first kappa shape index (κ1) is 12.4. The van der Waals surface area contributed by atoms with Crippen molar-refractivity contribution < 1.29 is 9.53 Å². The van der Waals surface area contributed by atoms with E-state index in [1.165, 1.54) is 23.1 Å². The Hall–Kier alpha value is -0.660. The van der Waals surface area contributed by atoms with Crippen LogP contribution in [0.1, 0.15) is 6.42 Å². The fourth-order valence-corrected chi connectivity index (χ4v) is 2.58. The van der Waals surface area contributed by atoms with Crippen LogP contribution in [0.3, 0.4) is 0 Å². The van der Waals surface area contributed by atoms with E-state index in [-0.39, 0.29) is 11.7 Å². The molecular formula is C8H10N2O2S3. The Morgan fingerprint density at radius 2 is 2.60 bits per heavy atom. The van der Waals surface area contributed by atoms with Crippen molar-refractivity contribution in [1.82, 2.24) is 10.2 Å². The van der Waals surface area contributed by atoms with Gasteiger partial charge in [0, 0.05) is 0 Å². The molecule has 0 amide bonds. The van der Waals surface area contributed by atoms with Crippen LogP contribution in [0.4, 0.5) is 0 Å². The summed E-state index contributed by atoms with van der Waals surface area (Å²) in [6, 6.07) is 0. The SMILES string of the molecule is C=CCCOC(=O)CSc1n[nH]c(=S)s1. The summed E-state index contributed by atoms with van der Waals surface area (Å²) in [5, 5.41) is 6.55. The van der Waals surface area contributed by atoms with E-state index in [1.54, 1.807) is 6.08 Å². The van der Waals surface area contributed by atoms with Gasteiger partial charge in [-0.1, -0.05) is 29.2 Å². The van der Waals surface area contributed by atoms with Crippen LogP contribution in [-0.4, -0.2) is 28.5 Å². The van der Waals surface area contributed by atoms with Gasteiger partial charge in [-0.15, -0.1) is 6.58 Å². The molecule has 82 valence electrons. The predicted octanol–water partition coefficient (Wildman–Crippen LogP) is 2.41. The van der Waals surface area contributed by atoms with E-state index in [9.17, 15) is 4.79 Å². The molecule has 0 spiro atoms. The minimum absolute atomic E-state index is 0.247. The number of esters is 1. The fourth-order valence-electron chi connectivity index (χ4n) is 0.696. The van der Waals surface area contributed by atoms with Crippen LogP contribution < -0.4 is 0 Å². The largest absolute Gasteiger partial charge is 0.465 e. The second kappa shape index (κ2) is 6.76. The Labute approximate surface area is 101 Å². The number of H-pyrrole nitrogens is 1. The van der Waals surface area contributed by atoms with Gasteiger partial charge in [0.1, 0.15) is 0 Å². The zero-order valence-electron chi connectivity index (χ0n) is 7.89. The van der Waals surface area contributed by atoms with Crippen LogP contribution in [0.25, 0.3) is 0 Å². The molecule has 15 heavy (non-hydrogen) atoms. The monoisotopic (exact) mass is 262 g/mol. The first-order valence-electron chi connectivity index (χ1n) is 4.17. The Morgan fingerprint density at radius 1 is 1.80 bits per heavy atom. The van der Waals surface area contributed by atoms with Gasteiger partial charge >= 0.3 is 5.97 Å². The van der Waals surface area contributed by atoms with Gasteiger partial charge in [-0.05, 0) is 18.6 Å². The van der Waals surface area contributed by atoms with Crippen molar-refractivity contribution in [2.45, 2.75) is 10.8 Å². The molecule has 1 aromatic heterocycles. The minimum atomic E-state index is -0.247. The molecule has 0 aromatic carbocycles. The number of ether oxygens (including phenoxy) is 1. The molecule has 0 bridgehead atoms. The molecule has 0 aliphatic heterocycles. The number of rotatable bonds is 6. The summed E-state index contributed by atoms with van der Waals surface area (Å²) in [6.07, 6.45) is 2.39.